The Hall–Kier alpha value is -2.07. The highest BCUT2D eigenvalue weighted by atomic mass is 16.3. The highest BCUT2D eigenvalue weighted by Gasteiger charge is 2.23. The van der Waals surface area contributed by atoms with E-state index in [2.05, 4.69) is 29.6 Å². The molecule has 4 nitrogen and oxygen atoms in total. The highest BCUT2D eigenvalue weighted by molar-refractivity contribution is 5.86. The number of piperidine rings is 1. The van der Waals surface area contributed by atoms with E-state index in [0.29, 0.717) is 13.1 Å². The molecule has 0 aromatic heterocycles. The molecule has 116 valence electrons. The van der Waals surface area contributed by atoms with E-state index in [0.717, 1.165) is 23.8 Å². The van der Waals surface area contributed by atoms with E-state index in [9.17, 15) is 9.90 Å². The van der Waals surface area contributed by atoms with Crippen LogP contribution in [0.25, 0.3) is 10.8 Å². The third kappa shape index (κ3) is 3.07. The molecule has 2 unspecified atom stereocenters. The van der Waals surface area contributed by atoms with E-state index in [1.54, 1.807) is 4.90 Å². The Morgan fingerprint density at radius 1 is 1.27 bits per heavy atom. The molecule has 0 radical (unpaired) electrons. The van der Waals surface area contributed by atoms with Crippen LogP contribution in [0.5, 0.6) is 0 Å². The molecule has 2 aromatic carbocycles. The lowest BCUT2D eigenvalue weighted by atomic mass is 10.00. The van der Waals surface area contributed by atoms with E-state index in [4.69, 9.17) is 0 Å². The first-order valence-electron chi connectivity index (χ1n) is 7.86. The second kappa shape index (κ2) is 6.36. The summed E-state index contributed by atoms with van der Waals surface area (Å²) < 4.78 is 0. The number of likely N-dealkylation sites (tertiary alicyclic amines) is 1. The van der Waals surface area contributed by atoms with Crippen molar-refractivity contribution in [3.05, 3.63) is 48.0 Å². The largest absolute Gasteiger partial charge is 0.391 e. The second-order valence-corrected chi connectivity index (χ2v) is 5.98. The number of nitrogens with one attached hydrogen (secondary N) is 1. The van der Waals surface area contributed by atoms with Crippen molar-refractivity contribution in [2.75, 3.05) is 13.1 Å². The maximum Gasteiger partial charge on any atom is 0.317 e. The summed E-state index contributed by atoms with van der Waals surface area (Å²) in [6.45, 7) is 3.14. The van der Waals surface area contributed by atoms with Crippen molar-refractivity contribution in [3.8, 4) is 0 Å². The number of fused-ring (bicyclic) bond motifs is 1. The van der Waals surface area contributed by atoms with Gasteiger partial charge in [0.2, 0.25) is 0 Å². The molecule has 2 aromatic rings. The number of aliphatic hydroxyl groups excluding tert-OH is 1. The number of carbonyl (C=O) groups excluding carboxylic acids is 1. The van der Waals surface area contributed by atoms with Crippen LogP contribution < -0.4 is 5.32 Å². The van der Waals surface area contributed by atoms with Crippen LogP contribution in [0.1, 0.15) is 31.4 Å². The topological polar surface area (TPSA) is 52.6 Å². The maximum atomic E-state index is 12.4. The van der Waals surface area contributed by atoms with Gasteiger partial charge in [-0.15, -0.1) is 0 Å². The zero-order valence-electron chi connectivity index (χ0n) is 12.8. The summed E-state index contributed by atoms with van der Waals surface area (Å²) >= 11 is 0. The average Bonchev–Trinajstić information content (AvgIpc) is 2.54. The lowest BCUT2D eigenvalue weighted by molar-refractivity contribution is 0.0835. The summed E-state index contributed by atoms with van der Waals surface area (Å²) in [5.41, 5.74) is 1.11. The molecule has 0 aliphatic carbocycles. The predicted octanol–water partition coefficient (Wildman–Crippen LogP) is 3.07. The number of carbonyl (C=O) groups is 1. The third-order valence-electron chi connectivity index (χ3n) is 4.31. The number of nitrogens with zero attached hydrogens (tertiary/aromatic N) is 1. The molecule has 22 heavy (non-hydrogen) atoms. The highest BCUT2D eigenvalue weighted by Crippen LogP contribution is 2.24. The van der Waals surface area contributed by atoms with Crippen molar-refractivity contribution < 1.29 is 9.90 Å². The molecule has 2 atom stereocenters. The number of β-amino-alcohol motifs (C(OH)–C–C–N with tert-alkyl or cyclic N) is 1. The number of rotatable bonds is 2. The molecule has 1 saturated heterocycles. The van der Waals surface area contributed by atoms with Crippen molar-refractivity contribution in [3.63, 3.8) is 0 Å². The minimum atomic E-state index is -0.396. The van der Waals surface area contributed by atoms with Crippen molar-refractivity contribution in [1.29, 1.82) is 0 Å². The summed E-state index contributed by atoms with van der Waals surface area (Å²) in [7, 11) is 0. The fourth-order valence-electron chi connectivity index (χ4n) is 3.12. The van der Waals surface area contributed by atoms with E-state index >= 15 is 0 Å². The number of amides is 2. The first kappa shape index (κ1) is 14.9. The van der Waals surface area contributed by atoms with Gasteiger partial charge < -0.3 is 15.3 Å². The molecule has 1 fully saturated rings. The van der Waals surface area contributed by atoms with Crippen LogP contribution >= 0.6 is 0 Å². The van der Waals surface area contributed by atoms with Crippen LogP contribution in [-0.2, 0) is 0 Å². The standard InChI is InChI=1S/C18H22N2O2/c1-13(19-18(22)20-11-5-8-15(21)12-20)16-10-4-7-14-6-2-3-9-17(14)16/h2-4,6-7,9-10,13,15,21H,5,8,11-12H2,1H3,(H,19,22). The van der Waals surface area contributed by atoms with Crippen LogP contribution in [0.4, 0.5) is 4.79 Å². The smallest absolute Gasteiger partial charge is 0.317 e. The molecular formula is C18H22N2O2. The Bertz CT molecular complexity index is 666. The molecule has 0 saturated carbocycles. The van der Waals surface area contributed by atoms with Gasteiger partial charge in [0, 0.05) is 13.1 Å². The van der Waals surface area contributed by atoms with Crippen LogP contribution in [0.15, 0.2) is 42.5 Å². The normalized spacial score (nSPS) is 19.9. The third-order valence-corrected chi connectivity index (χ3v) is 4.31. The summed E-state index contributed by atoms with van der Waals surface area (Å²) in [6.07, 6.45) is 1.24. The Morgan fingerprint density at radius 3 is 2.86 bits per heavy atom. The van der Waals surface area contributed by atoms with E-state index in [-0.39, 0.29) is 12.1 Å². The summed E-state index contributed by atoms with van der Waals surface area (Å²) in [5, 5.41) is 15.1. The maximum absolute atomic E-state index is 12.4. The van der Waals surface area contributed by atoms with Gasteiger partial charge in [0.15, 0.2) is 0 Å². The fraction of sp³-hybridized carbons (Fsp3) is 0.389. The summed E-state index contributed by atoms with van der Waals surface area (Å²) in [5.74, 6) is 0. The van der Waals surface area contributed by atoms with Gasteiger partial charge in [-0.1, -0.05) is 42.5 Å². The molecule has 1 aliphatic rings. The minimum Gasteiger partial charge on any atom is -0.391 e. The van der Waals surface area contributed by atoms with Gasteiger partial charge in [-0.25, -0.2) is 4.79 Å². The fourth-order valence-corrected chi connectivity index (χ4v) is 3.12. The van der Waals surface area contributed by atoms with Crippen molar-refractivity contribution in [2.24, 2.45) is 0 Å². The van der Waals surface area contributed by atoms with Crippen LogP contribution in [-0.4, -0.2) is 35.2 Å². The molecule has 3 rings (SSSR count). The Morgan fingerprint density at radius 2 is 2.05 bits per heavy atom. The molecule has 4 heteroatoms. The van der Waals surface area contributed by atoms with Gasteiger partial charge in [0.1, 0.15) is 0 Å². The summed E-state index contributed by atoms with van der Waals surface area (Å²) in [4.78, 5) is 14.1. The van der Waals surface area contributed by atoms with Gasteiger partial charge in [-0.2, -0.15) is 0 Å². The van der Waals surface area contributed by atoms with Crippen molar-refractivity contribution in [1.82, 2.24) is 10.2 Å². The lowest BCUT2D eigenvalue weighted by Gasteiger charge is -2.31. The zero-order valence-corrected chi connectivity index (χ0v) is 12.8. The average molecular weight is 298 g/mol. The molecular weight excluding hydrogens is 276 g/mol. The molecule has 1 heterocycles. The van der Waals surface area contributed by atoms with Gasteiger partial charge in [-0.05, 0) is 36.1 Å². The zero-order chi connectivity index (χ0) is 15.5. The molecule has 0 bridgehead atoms. The molecule has 1 aliphatic heterocycles. The van der Waals surface area contributed by atoms with E-state index in [1.165, 1.54) is 5.39 Å². The Labute approximate surface area is 130 Å². The molecule has 0 spiro atoms. The van der Waals surface area contributed by atoms with Gasteiger partial charge in [0.05, 0.1) is 12.1 Å². The SMILES string of the molecule is CC(NC(=O)N1CCCC(O)C1)c1cccc2ccccc12. The number of benzene rings is 2. The predicted molar refractivity (Wildman–Crippen MR) is 87.7 cm³/mol. The molecule has 2 amide bonds. The summed E-state index contributed by atoms with van der Waals surface area (Å²) in [6, 6.07) is 14.2. The van der Waals surface area contributed by atoms with Gasteiger partial charge in [-0.3, -0.25) is 0 Å². The van der Waals surface area contributed by atoms with Crippen LogP contribution in [0.3, 0.4) is 0 Å². The number of urea groups is 1. The van der Waals surface area contributed by atoms with Crippen LogP contribution in [0, 0.1) is 0 Å². The Balaban J connectivity index is 1.75. The lowest BCUT2D eigenvalue weighted by Crippen LogP contribution is -2.47. The van der Waals surface area contributed by atoms with Gasteiger partial charge in [0.25, 0.3) is 0 Å². The first-order valence-corrected chi connectivity index (χ1v) is 7.86. The second-order valence-electron chi connectivity index (χ2n) is 5.98. The van der Waals surface area contributed by atoms with E-state index < -0.39 is 6.10 Å². The number of hydrogen-bond acceptors (Lipinski definition) is 2. The van der Waals surface area contributed by atoms with Gasteiger partial charge >= 0.3 is 6.03 Å². The Kier molecular flexibility index (Phi) is 4.29. The molecule has 2 N–H and O–H groups in total. The van der Waals surface area contributed by atoms with Crippen molar-refractivity contribution >= 4 is 16.8 Å². The van der Waals surface area contributed by atoms with Crippen molar-refractivity contribution in [2.45, 2.75) is 31.9 Å². The monoisotopic (exact) mass is 298 g/mol. The first-order chi connectivity index (χ1) is 10.6. The van der Waals surface area contributed by atoms with Crippen LogP contribution in [0.2, 0.25) is 0 Å². The number of aliphatic hydroxyl groups is 1. The number of hydrogen-bond donors (Lipinski definition) is 2. The van der Waals surface area contributed by atoms with E-state index in [1.807, 2.05) is 25.1 Å². The quantitative estimate of drug-likeness (QED) is 0.895. The minimum absolute atomic E-state index is 0.0716.